The Balaban J connectivity index is 1.68. The lowest BCUT2D eigenvalue weighted by Gasteiger charge is -2.11. The number of ether oxygens (including phenoxy) is 1. The minimum Gasteiger partial charge on any atom is -0.437 e. The van der Waals surface area contributed by atoms with Crippen molar-refractivity contribution in [3.05, 3.63) is 82.5 Å². The Morgan fingerprint density at radius 3 is 2.72 bits per heavy atom. The van der Waals surface area contributed by atoms with Crippen LogP contribution in [-0.2, 0) is 13.1 Å². The van der Waals surface area contributed by atoms with Gasteiger partial charge in [-0.25, -0.2) is 9.37 Å². The van der Waals surface area contributed by atoms with E-state index < -0.39 is 0 Å². The predicted octanol–water partition coefficient (Wildman–Crippen LogP) is 4.66. The van der Waals surface area contributed by atoms with Gasteiger partial charge in [0.05, 0.1) is 6.20 Å². The number of aromatic nitrogens is 2. The molecule has 1 aromatic carbocycles. The van der Waals surface area contributed by atoms with Gasteiger partial charge in [0, 0.05) is 41.1 Å². The monoisotopic (exact) mass is 357 g/mol. The molecule has 0 spiro atoms. The first-order chi connectivity index (χ1) is 12.1. The van der Waals surface area contributed by atoms with Crippen molar-refractivity contribution in [3.8, 4) is 11.6 Å². The maximum absolute atomic E-state index is 13.8. The number of aryl methyl sites for hydroxylation is 1. The largest absolute Gasteiger partial charge is 0.437 e. The van der Waals surface area contributed by atoms with E-state index in [1.54, 1.807) is 24.5 Å². The average Bonchev–Trinajstić information content (AvgIpc) is 2.61. The number of hydrogen-bond acceptors (Lipinski definition) is 4. The first kappa shape index (κ1) is 17.3. The summed E-state index contributed by atoms with van der Waals surface area (Å²) >= 11 is 6.04. The van der Waals surface area contributed by atoms with E-state index in [1.807, 2.05) is 31.2 Å². The van der Waals surface area contributed by atoms with E-state index in [2.05, 4.69) is 15.3 Å². The quantitative estimate of drug-likeness (QED) is 0.697. The van der Waals surface area contributed by atoms with Gasteiger partial charge < -0.3 is 10.1 Å². The van der Waals surface area contributed by atoms with Crippen molar-refractivity contribution in [1.82, 2.24) is 15.3 Å². The first-order valence-corrected chi connectivity index (χ1v) is 8.19. The van der Waals surface area contributed by atoms with Crippen LogP contribution in [0.15, 0.2) is 54.9 Å². The zero-order valence-electron chi connectivity index (χ0n) is 13.7. The molecule has 0 aliphatic rings. The summed E-state index contributed by atoms with van der Waals surface area (Å²) in [6.07, 6.45) is 3.31. The van der Waals surface area contributed by atoms with Crippen LogP contribution in [0.1, 0.15) is 16.8 Å². The highest BCUT2D eigenvalue weighted by Gasteiger charge is 2.09. The zero-order chi connectivity index (χ0) is 17.6. The third kappa shape index (κ3) is 4.53. The molecule has 0 atom stereocenters. The van der Waals surface area contributed by atoms with Gasteiger partial charge in [0.15, 0.2) is 0 Å². The lowest BCUT2D eigenvalue weighted by atomic mass is 10.2. The van der Waals surface area contributed by atoms with Crippen LogP contribution in [0.2, 0.25) is 5.02 Å². The molecule has 128 valence electrons. The lowest BCUT2D eigenvalue weighted by Crippen LogP contribution is -2.15. The van der Waals surface area contributed by atoms with Gasteiger partial charge in [-0.2, -0.15) is 0 Å². The van der Waals surface area contributed by atoms with Gasteiger partial charge >= 0.3 is 0 Å². The molecule has 1 N–H and O–H groups in total. The molecule has 0 amide bonds. The normalized spacial score (nSPS) is 10.7. The summed E-state index contributed by atoms with van der Waals surface area (Å²) in [6, 6.07) is 12.1. The molecule has 0 saturated carbocycles. The summed E-state index contributed by atoms with van der Waals surface area (Å²) < 4.78 is 19.6. The van der Waals surface area contributed by atoms with Gasteiger partial charge in [-0.15, -0.1) is 0 Å². The van der Waals surface area contributed by atoms with Crippen molar-refractivity contribution in [1.29, 1.82) is 0 Å². The van der Waals surface area contributed by atoms with E-state index in [-0.39, 0.29) is 5.82 Å². The summed E-state index contributed by atoms with van der Waals surface area (Å²) in [6.45, 7) is 2.69. The van der Waals surface area contributed by atoms with Gasteiger partial charge in [0.25, 0.3) is 0 Å². The van der Waals surface area contributed by atoms with Gasteiger partial charge in [-0.1, -0.05) is 23.7 Å². The van der Waals surface area contributed by atoms with Crippen LogP contribution in [0.25, 0.3) is 0 Å². The highest BCUT2D eigenvalue weighted by atomic mass is 35.5. The van der Waals surface area contributed by atoms with Crippen LogP contribution in [0.4, 0.5) is 4.39 Å². The molecular weight excluding hydrogens is 341 g/mol. The van der Waals surface area contributed by atoms with Crippen molar-refractivity contribution in [2.24, 2.45) is 0 Å². The van der Waals surface area contributed by atoms with Crippen molar-refractivity contribution in [3.63, 3.8) is 0 Å². The van der Waals surface area contributed by atoms with Gasteiger partial charge in [-0.05, 0) is 37.3 Å². The Kier molecular flexibility index (Phi) is 5.58. The molecule has 0 unspecified atom stereocenters. The standard InChI is InChI=1S/C19H17ClFN3O/c1-13-7-8-15(11-24-13)25-19-14(4-3-9-23-19)10-22-12-16-17(20)5-2-6-18(16)21/h2-9,11,22H,10,12H2,1H3. The molecule has 0 fully saturated rings. The number of benzene rings is 1. The molecule has 0 aliphatic carbocycles. The van der Waals surface area contributed by atoms with Crippen LogP contribution in [0.5, 0.6) is 11.6 Å². The summed E-state index contributed by atoms with van der Waals surface area (Å²) in [5, 5.41) is 3.58. The van der Waals surface area contributed by atoms with E-state index >= 15 is 0 Å². The molecule has 25 heavy (non-hydrogen) atoms. The van der Waals surface area contributed by atoms with Crippen LogP contribution in [0.3, 0.4) is 0 Å². The average molecular weight is 358 g/mol. The molecule has 3 rings (SSSR count). The Hall–Kier alpha value is -2.50. The molecule has 0 aliphatic heterocycles. The van der Waals surface area contributed by atoms with Gasteiger partial charge in [-0.3, -0.25) is 4.98 Å². The highest BCUT2D eigenvalue weighted by Crippen LogP contribution is 2.23. The Morgan fingerprint density at radius 2 is 1.96 bits per heavy atom. The molecule has 0 radical (unpaired) electrons. The second-order valence-electron chi connectivity index (χ2n) is 5.51. The van der Waals surface area contributed by atoms with Gasteiger partial charge in [0.1, 0.15) is 11.6 Å². The SMILES string of the molecule is Cc1ccc(Oc2ncccc2CNCc2c(F)cccc2Cl)cn1. The first-order valence-electron chi connectivity index (χ1n) is 7.81. The number of pyridine rings is 2. The fourth-order valence-electron chi connectivity index (χ4n) is 2.30. The van der Waals surface area contributed by atoms with Crippen molar-refractivity contribution in [2.75, 3.05) is 0 Å². The molecule has 0 bridgehead atoms. The Morgan fingerprint density at radius 1 is 1.08 bits per heavy atom. The number of nitrogens with zero attached hydrogens (tertiary/aromatic N) is 2. The maximum Gasteiger partial charge on any atom is 0.223 e. The maximum atomic E-state index is 13.8. The third-order valence-electron chi connectivity index (χ3n) is 3.63. The number of nitrogens with one attached hydrogen (secondary N) is 1. The van der Waals surface area contributed by atoms with Crippen molar-refractivity contribution in [2.45, 2.75) is 20.0 Å². The molecule has 6 heteroatoms. The second kappa shape index (κ2) is 8.05. The molecular formula is C19H17ClFN3O. The predicted molar refractivity (Wildman–Crippen MR) is 95.2 cm³/mol. The van der Waals surface area contributed by atoms with Crippen LogP contribution in [0, 0.1) is 12.7 Å². The van der Waals surface area contributed by atoms with Crippen molar-refractivity contribution < 1.29 is 9.13 Å². The van der Waals surface area contributed by atoms with Crippen LogP contribution >= 0.6 is 11.6 Å². The summed E-state index contributed by atoms with van der Waals surface area (Å²) in [4.78, 5) is 8.47. The molecule has 4 nitrogen and oxygen atoms in total. The fourth-order valence-corrected chi connectivity index (χ4v) is 2.53. The molecule has 2 aromatic heterocycles. The highest BCUT2D eigenvalue weighted by molar-refractivity contribution is 6.31. The van der Waals surface area contributed by atoms with Crippen molar-refractivity contribution >= 4 is 11.6 Å². The summed E-state index contributed by atoms with van der Waals surface area (Å²) in [5.41, 5.74) is 2.21. The zero-order valence-corrected chi connectivity index (χ0v) is 14.4. The second-order valence-corrected chi connectivity index (χ2v) is 5.92. The minimum atomic E-state index is -0.326. The van der Waals surface area contributed by atoms with Crippen LogP contribution < -0.4 is 10.1 Å². The fraction of sp³-hybridized carbons (Fsp3) is 0.158. The molecule has 3 aromatic rings. The number of hydrogen-bond donors (Lipinski definition) is 1. The summed E-state index contributed by atoms with van der Waals surface area (Å²) in [5.74, 6) is 0.774. The molecule has 2 heterocycles. The number of halogens is 2. The van der Waals surface area contributed by atoms with Crippen LogP contribution in [-0.4, -0.2) is 9.97 Å². The summed E-state index contributed by atoms with van der Waals surface area (Å²) in [7, 11) is 0. The van der Waals surface area contributed by atoms with Gasteiger partial charge in [0.2, 0.25) is 5.88 Å². The molecule has 0 saturated heterocycles. The smallest absolute Gasteiger partial charge is 0.223 e. The minimum absolute atomic E-state index is 0.311. The van der Waals surface area contributed by atoms with E-state index in [0.29, 0.717) is 35.3 Å². The van der Waals surface area contributed by atoms with E-state index in [4.69, 9.17) is 16.3 Å². The van der Waals surface area contributed by atoms with E-state index in [0.717, 1.165) is 11.3 Å². The van der Waals surface area contributed by atoms with E-state index in [1.165, 1.54) is 6.07 Å². The Labute approximate surface area is 150 Å². The lowest BCUT2D eigenvalue weighted by molar-refractivity contribution is 0.450. The Bertz CT molecular complexity index is 835. The van der Waals surface area contributed by atoms with E-state index in [9.17, 15) is 4.39 Å². The topological polar surface area (TPSA) is 47.0 Å². The third-order valence-corrected chi connectivity index (χ3v) is 3.98. The number of rotatable bonds is 6.